The normalized spacial score (nSPS) is 19.9. The maximum absolute atomic E-state index is 13.2. The van der Waals surface area contributed by atoms with Crippen LogP contribution in [0.1, 0.15) is 31.0 Å². The summed E-state index contributed by atoms with van der Waals surface area (Å²) >= 11 is 0. The lowest BCUT2D eigenvalue weighted by Crippen LogP contribution is -2.44. The van der Waals surface area contributed by atoms with Crippen molar-refractivity contribution in [2.24, 2.45) is 5.92 Å². The number of aromatic nitrogens is 1. The zero-order valence-electron chi connectivity index (χ0n) is 15.2. The number of benzene rings is 1. The second-order valence-corrected chi connectivity index (χ2v) is 7.03. The number of pyridine rings is 1. The lowest BCUT2D eigenvalue weighted by atomic mass is 9.91. The quantitative estimate of drug-likeness (QED) is 0.866. The minimum absolute atomic E-state index is 0.0513. The molecule has 0 unspecified atom stereocenters. The van der Waals surface area contributed by atoms with E-state index < -0.39 is 0 Å². The van der Waals surface area contributed by atoms with E-state index in [0.717, 1.165) is 30.6 Å². The molecule has 5 heteroatoms. The van der Waals surface area contributed by atoms with Crippen molar-refractivity contribution in [2.45, 2.75) is 38.8 Å². The fraction of sp³-hybridized carbons (Fsp3) is 0.429. The van der Waals surface area contributed by atoms with Gasteiger partial charge in [0, 0.05) is 43.4 Å². The molecule has 0 saturated carbocycles. The zero-order valence-corrected chi connectivity index (χ0v) is 15.2. The van der Waals surface area contributed by atoms with Gasteiger partial charge < -0.3 is 10.2 Å². The van der Waals surface area contributed by atoms with Gasteiger partial charge in [-0.1, -0.05) is 18.2 Å². The molecule has 1 fully saturated rings. The minimum Gasteiger partial charge on any atom is -0.338 e. The molecule has 1 aliphatic heterocycles. The molecule has 1 N–H and O–H groups in total. The van der Waals surface area contributed by atoms with Gasteiger partial charge >= 0.3 is 0 Å². The fourth-order valence-electron chi connectivity index (χ4n) is 3.49. The Balaban J connectivity index is 1.71. The van der Waals surface area contributed by atoms with Crippen LogP contribution in [0.5, 0.6) is 0 Å². The Kier molecular flexibility index (Phi) is 6.34. The van der Waals surface area contributed by atoms with Crippen molar-refractivity contribution in [2.75, 3.05) is 13.1 Å². The number of carbonyl (C=O) groups is 1. The van der Waals surface area contributed by atoms with E-state index in [2.05, 4.69) is 17.2 Å². The molecule has 0 spiro atoms. The van der Waals surface area contributed by atoms with Crippen LogP contribution in [0.15, 0.2) is 48.7 Å². The van der Waals surface area contributed by atoms with E-state index in [1.54, 1.807) is 18.3 Å². The molecule has 3 rings (SSSR count). The van der Waals surface area contributed by atoms with Crippen LogP contribution < -0.4 is 5.32 Å². The van der Waals surface area contributed by atoms with Gasteiger partial charge in [-0.3, -0.25) is 9.78 Å². The molecule has 1 amide bonds. The third-order valence-corrected chi connectivity index (χ3v) is 4.94. The zero-order chi connectivity index (χ0) is 18.4. The maximum Gasteiger partial charge on any atom is 0.226 e. The summed E-state index contributed by atoms with van der Waals surface area (Å²) in [6.45, 7) is 4.12. The summed E-state index contributed by atoms with van der Waals surface area (Å²) in [6, 6.07) is 12.6. The summed E-state index contributed by atoms with van der Waals surface area (Å²) in [7, 11) is 0. The first kappa shape index (κ1) is 18.5. The third kappa shape index (κ3) is 5.11. The smallest absolute Gasteiger partial charge is 0.226 e. The minimum atomic E-state index is -0.257. The van der Waals surface area contributed by atoms with Gasteiger partial charge in [0.05, 0.1) is 0 Å². The Morgan fingerprint density at radius 3 is 2.77 bits per heavy atom. The van der Waals surface area contributed by atoms with Crippen LogP contribution in [-0.2, 0) is 17.8 Å². The lowest BCUT2D eigenvalue weighted by Gasteiger charge is -2.32. The van der Waals surface area contributed by atoms with E-state index in [0.29, 0.717) is 25.6 Å². The number of hydrogen-bond acceptors (Lipinski definition) is 3. The Morgan fingerprint density at radius 1 is 1.27 bits per heavy atom. The maximum atomic E-state index is 13.2. The standard InChI is InChI=1S/C21H26FN3O/c1-16-14-18(9-12-23-16)21(26)25(13-10-20-4-2-3-11-24-20)15-17-5-7-19(22)8-6-17/h2-8,11,16,18,23H,9-10,12-15H2,1H3/t16-,18-/m0/s1. The number of halogens is 1. The van der Waals surface area contributed by atoms with Crippen LogP contribution in [-0.4, -0.2) is 34.9 Å². The summed E-state index contributed by atoms with van der Waals surface area (Å²) in [6.07, 6.45) is 4.22. The molecule has 26 heavy (non-hydrogen) atoms. The number of amides is 1. The van der Waals surface area contributed by atoms with Crippen LogP contribution in [0.2, 0.25) is 0 Å². The van der Waals surface area contributed by atoms with E-state index in [1.165, 1.54) is 12.1 Å². The van der Waals surface area contributed by atoms with E-state index in [1.807, 2.05) is 23.1 Å². The molecule has 1 aromatic heterocycles. The number of nitrogens with one attached hydrogen (secondary N) is 1. The number of rotatable bonds is 6. The number of piperidine rings is 1. The van der Waals surface area contributed by atoms with Crippen LogP contribution >= 0.6 is 0 Å². The average molecular weight is 355 g/mol. The molecule has 4 nitrogen and oxygen atoms in total. The van der Waals surface area contributed by atoms with E-state index in [9.17, 15) is 9.18 Å². The molecule has 2 atom stereocenters. The van der Waals surface area contributed by atoms with Crippen molar-refractivity contribution in [3.05, 3.63) is 65.7 Å². The molecule has 0 bridgehead atoms. The third-order valence-electron chi connectivity index (χ3n) is 4.94. The largest absolute Gasteiger partial charge is 0.338 e. The molecule has 2 aromatic rings. The Hall–Kier alpha value is -2.27. The highest BCUT2D eigenvalue weighted by Crippen LogP contribution is 2.20. The molecule has 0 radical (unpaired) electrons. The van der Waals surface area contributed by atoms with Gasteiger partial charge in [-0.2, -0.15) is 0 Å². The first-order chi connectivity index (χ1) is 12.6. The lowest BCUT2D eigenvalue weighted by molar-refractivity contribution is -0.137. The first-order valence-electron chi connectivity index (χ1n) is 9.28. The summed E-state index contributed by atoms with van der Waals surface area (Å²) in [5.74, 6) is -0.0127. The van der Waals surface area contributed by atoms with Crippen molar-refractivity contribution in [1.29, 1.82) is 0 Å². The van der Waals surface area contributed by atoms with Crippen molar-refractivity contribution in [1.82, 2.24) is 15.2 Å². The van der Waals surface area contributed by atoms with Gasteiger partial charge in [-0.05, 0) is 56.1 Å². The molecule has 1 aromatic carbocycles. The van der Waals surface area contributed by atoms with Crippen molar-refractivity contribution in [3.63, 3.8) is 0 Å². The van der Waals surface area contributed by atoms with Crippen LogP contribution in [0.25, 0.3) is 0 Å². The Morgan fingerprint density at radius 2 is 2.08 bits per heavy atom. The highest BCUT2D eigenvalue weighted by atomic mass is 19.1. The van der Waals surface area contributed by atoms with Crippen LogP contribution in [0, 0.1) is 11.7 Å². The van der Waals surface area contributed by atoms with Crippen LogP contribution in [0.3, 0.4) is 0 Å². The fourth-order valence-corrected chi connectivity index (χ4v) is 3.49. The van der Waals surface area contributed by atoms with Crippen LogP contribution in [0.4, 0.5) is 4.39 Å². The summed E-state index contributed by atoms with van der Waals surface area (Å²) in [5, 5.41) is 3.40. The van der Waals surface area contributed by atoms with Gasteiger partial charge in [0.1, 0.15) is 5.82 Å². The summed E-state index contributed by atoms with van der Waals surface area (Å²) in [4.78, 5) is 19.4. The topological polar surface area (TPSA) is 45.2 Å². The molecular formula is C21H26FN3O. The van der Waals surface area contributed by atoms with Gasteiger partial charge in [0.2, 0.25) is 5.91 Å². The summed E-state index contributed by atoms with van der Waals surface area (Å²) in [5.41, 5.74) is 1.92. The molecule has 138 valence electrons. The van der Waals surface area contributed by atoms with Crippen molar-refractivity contribution in [3.8, 4) is 0 Å². The van der Waals surface area contributed by atoms with E-state index >= 15 is 0 Å². The SMILES string of the molecule is C[C@H]1C[C@@H](C(=O)N(CCc2ccccn2)Cc2ccc(F)cc2)CCN1. The van der Waals surface area contributed by atoms with E-state index in [4.69, 9.17) is 0 Å². The van der Waals surface area contributed by atoms with Crippen molar-refractivity contribution < 1.29 is 9.18 Å². The predicted molar refractivity (Wildman–Crippen MR) is 99.9 cm³/mol. The number of carbonyl (C=O) groups excluding carboxylic acids is 1. The van der Waals surface area contributed by atoms with Gasteiger partial charge in [-0.25, -0.2) is 4.39 Å². The molecule has 0 aliphatic carbocycles. The van der Waals surface area contributed by atoms with Gasteiger partial charge in [0.15, 0.2) is 0 Å². The van der Waals surface area contributed by atoms with Gasteiger partial charge in [0.25, 0.3) is 0 Å². The second kappa shape index (κ2) is 8.90. The molecular weight excluding hydrogens is 329 g/mol. The highest BCUT2D eigenvalue weighted by molar-refractivity contribution is 5.79. The van der Waals surface area contributed by atoms with Gasteiger partial charge in [-0.15, -0.1) is 0 Å². The molecule has 1 aliphatic rings. The Labute approximate surface area is 154 Å². The van der Waals surface area contributed by atoms with E-state index in [-0.39, 0.29) is 17.6 Å². The molecule has 1 saturated heterocycles. The summed E-state index contributed by atoms with van der Waals surface area (Å²) < 4.78 is 13.2. The number of nitrogens with zero attached hydrogens (tertiary/aromatic N) is 2. The Bertz CT molecular complexity index is 705. The predicted octanol–water partition coefficient (Wildman–Crippen LogP) is 3.18. The highest BCUT2D eigenvalue weighted by Gasteiger charge is 2.28. The first-order valence-corrected chi connectivity index (χ1v) is 9.28. The average Bonchev–Trinajstić information content (AvgIpc) is 2.67. The van der Waals surface area contributed by atoms with Crippen molar-refractivity contribution >= 4 is 5.91 Å². The number of hydrogen-bond donors (Lipinski definition) is 1. The second-order valence-electron chi connectivity index (χ2n) is 7.03. The molecule has 2 heterocycles. The monoisotopic (exact) mass is 355 g/mol.